The molecule has 2 aromatic rings. The molecule has 5 N–H and O–H groups in total. The number of rotatable bonds is 8. The first-order chi connectivity index (χ1) is 14.3. The maximum atomic E-state index is 14.0. The molecule has 0 radical (unpaired) electrons. The molecule has 0 aliphatic heterocycles. The summed E-state index contributed by atoms with van der Waals surface area (Å²) in [6.07, 6.45) is 0. The van der Waals surface area contributed by atoms with Gasteiger partial charge in [0.05, 0.1) is 0 Å². The van der Waals surface area contributed by atoms with E-state index in [2.05, 4.69) is 5.32 Å². The van der Waals surface area contributed by atoms with E-state index < -0.39 is 22.8 Å². The molecule has 2 rings (SSSR count). The summed E-state index contributed by atoms with van der Waals surface area (Å²) in [7, 11) is 0. The minimum Gasteiger partial charge on any atom is -0.488 e. The van der Waals surface area contributed by atoms with Gasteiger partial charge in [0.2, 0.25) is 0 Å². The van der Waals surface area contributed by atoms with Crippen LogP contribution in [0.2, 0.25) is 0 Å². The van der Waals surface area contributed by atoms with Crippen LogP contribution in [0, 0.1) is 5.82 Å². The summed E-state index contributed by atoms with van der Waals surface area (Å²) in [6, 6.07) is 8.61. The van der Waals surface area contributed by atoms with Crippen LogP contribution in [0.5, 0.6) is 5.75 Å². The molecule has 0 fully saturated rings. The Morgan fingerprint density at radius 3 is 2.19 bits per heavy atom. The monoisotopic (exact) mass is 491 g/mol. The lowest BCUT2D eigenvalue weighted by atomic mass is 10.0. The molecule has 0 heterocycles. The van der Waals surface area contributed by atoms with Crippen LogP contribution in [0.25, 0.3) is 0 Å². The highest BCUT2D eigenvalue weighted by molar-refractivity contribution is 8.00. The third-order valence-electron chi connectivity index (χ3n) is 4.02. The summed E-state index contributed by atoms with van der Waals surface area (Å²) in [6.45, 7) is 1.14. The van der Waals surface area contributed by atoms with Crippen LogP contribution >= 0.6 is 36.2 Å². The van der Waals surface area contributed by atoms with Crippen molar-refractivity contribution in [3.8, 4) is 5.75 Å². The van der Waals surface area contributed by atoms with Crippen molar-refractivity contribution < 1.29 is 27.1 Å². The van der Waals surface area contributed by atoms with E-state index in [9.17, 15) is 22.4 Å². The number of carbonyl (C=O) groups excluding carboxylic acids is 1. The van der Waals surface area contributed by atoms with Crippen LogP contribution in [0.15, 0.2) is 47.4 Å². The normalized spacial score (nSPS) is 13.2. The molecular formula is C19H17F4N3O2S3. The van der Waals surface area contributed by atoms with Crippen molar-refractivity contribution in [1.29, 1.82) is 0 Å². The number of nitrogens with two attached hydrogens (primary N) is 2. The Morgan fingerprint density at radius 1 is 1.10 bits per heavy atom. The number of thioether (sulfide) groups is 1. The number of benzene rings is 2. The lowest BCUT2D eigenvalue weighted by molar-refractivity contribution is -0.0328. The quantitative estimate of drug-likeness (QED) is 0.293. The van der Waals surface area contributed by atoms with Crippen molar-refractivity contribution in [2.24, 2.45) is 11.5 Å². The van der Waals surface area contributed by atoms with Crippen molar-refractivity contribution in [2.75, 3.05) is 6.61 Å². The Kier molecular flexibility index (Phi) is 7.84. The number of nitrogens with one attached hydrogen (secondary N) is 1. The van der Waals surface area contributed by atoms with Crippen molar-refractivity contribution >= 4 is 52.1 Å². The first kappa shape index (κ1) is 24.8. The Hall–Kier alpha value is -2.44. The number of halogens is 4. The van der Waals surface area contributed by atoms with Gasteiger partial charge in [-0.2, -0.15) is 13.2 Å². The molecule has 0 aromatic heterocycles. The maximum Gasteiger partial charge on any atom is 0.446 e. The van der Waals surface area contributed by atoms with Gasteiger partial charge in [-0.1, -0.05) is 24.4 Å². The van der Waals surface area contributed by atoms with E-state index in [1.807, 2.05) is 0 Å². The van der Waals surface area contributed by atoms with Gasteiger partial charge in [0, 0.05) is 16.0 Å². The fraction of sp³-hybridized carbons (Fsp3) is 0.211. The highest BCUT2D eigenvalue weighted by atomic mass is 32.2. The minimum absolute atomic E-state index is 0.0439. The third-order valence-corrected chi connectivity index (χ3v) is 5.44. The van der Waals surface area contributed by atoms with Crippen molar-refractivity contribution in [1.82, 2.24) is 5.32 Å². The number of alkyl halides is 3. The molecule has 12 heteroatoms. The fourth-order valence-electron chi connectivity index (χ4n) is 2.29. The van der Waals surface area contributed by atoms with Crippen LogP contribution in [-0.4, -0.2) is 33.5 Å². The van der Waals surface area contributed by atoms with Gasteiger partial charge in [-0.15, -0.1) is 0 Å². The number of carbonyl (C=O) groups is 1. The van der Waals surface area contributed by atoms with Crippen LogP contribution < -0.4 is 21.5 Å². The third kappa shape index (κ3) is 7.04. The maximum absolute atomic E-state index is 14.0. The summed E-state index contributed by atoms with van der Waals surface area (Å²) in [5, 5.41) is 2.57. The summed E-state index contributed by atoms with van der Waals surface area (Å²) in [5.41, 5.74) is 5.90. The predicted molar refractivity (Wildman–Crippen MR) is 119 cm³/mol. The molecule has 2 aromatic carbocycles. The van der Waals surface area contributed by atoms with E-state index in [1.165, 1.54) is 31.2 Å². The number of ether oxygens (including phenoxy) is 1. The fourth-order valence-corrected chi connectivity index (χ4v) is 3.07. The highest BCUT2D eigenvalue weighted by Gasteiger charge is 2.32. The molecule has 0 aliphatic rings. The zero-order chi connectivity index (χ0) is 23.4. The summed E-state index contributed by atoms with van der Waals surface area (Å²) in [5.74, 6) is -1.51. The van der Waals surface area contributed by atoms with Crippen LogP contribution in [-0.2, 0) is 0 Å². The van der Waals surface area contributed by atoms with Crippen LogP contribution in [0.4, 0.5) is 17.6 Å². The van der Waals surface area contributed by atoms with Crippen LogP contribution in [0.3, 0.4) is 0 Å². The van der Waals surface area contributed by atoms with E-state index in [1.54, 1.807) is 0 Å². The summed E-state index contributed by atoms with van der Waals surface area (Å²) in [4.78, 5) is 12.4. The number of amides is 1. The van der Waals surface area contributed by atoms with Gasteiger partial charge >= 0.3 is 5.51 Å². The first-order valence-electron chi connectivity index (χ1n) is 8.51. The van der Waals surface area contributed by atoms with Gasteiger partial charge in [0.15, 0.2) is 11.6 Å². The zero-order valence-electron chi connectivity index (χ0n) is 16.0. The largest absolute Gasteiger partial charge is 0.488 e. The van der Waals surface area contributed by atoms with Gasteiger partial charge in [0.1, 0.15) is 22.1 Å². The Morgan fingerprint density at radius 2 is 1.68 bits per heavy atom. The molecule has 1 atom stereocenters. The van der Waals surface area contributed by atoms with Crippen molar-refractivity contribution in [3.05, 3.63) is 59.4 Å². The highest BCUT2D eigenvalue weighted by Crippen LogP contribution is 2.36. The summed E-state index contributed by atoms with van der Waals surface area (Å²) >= 11 is 9.57. The predicted octanol–water partition coefficient (Wildman–Crippen LogP) is 3.93. The lowest BCUT2D eigenvalue weighted by Gasteiger charge is -2.29. The molecule has 0 aliphatic carbocycles. The SMILES string of the molecule is CC(COc1cc(C(N)=S)ccc1F)(NC(=O)c1ccc(SC(F)(F)F)cc1)C(N)=S. The van der Waals surface area contributed by atoms with Gasteiger partial charge in [-0.3, -0.25) is 4.79 Å². The van der Waals surface area contributed by atoms with E-state index >= 15 is 0 Å². The zero-order valence-corrected chi connectivity index (χ0v) is 18.4. The second kappa shape index (κ2) is 9.79. The average molecular weight is 492 g/mol. The minimum atomic E-state index is -4.44. The molecule has 5 nitrogen and oxygen atoms in total. The number of hydrogen-bond acceptors (Lipinski definition) is 5. The van der Waals surface area contributed by atoms with Gasteiger partial charge in [-0.05, 0) is 61.2 Å². The smallest absolute Gasteiger partial charge is 0.446 e. The van der Waals surface area contributed by atoms with Crippen molar-refractivity contribution in [2.45, 2.75) is 22.9 Å². The van der Waals surface area contributed by atoms with E-state index in [0.717, 1.165) is 18.2 Å². The Labute approximate surface area is 190 Å². The van der Waals surface area contributed by atoms with E-state index in [4.69, 9.17) is 40.6 Å². The second-order valence-corrected chi connectivity index (χ2v) is 8.54. The molecule has 1 unspecified atom stereocenters. The van der Waals surface area contributed by atoms with Gasteiger partial charge in [-0.25, -0.2) is 4.39 Å². The standard InChI is InChI=1S/C19H17F4N3O2S3/c1-18(17(25)30,9-28-14-8-11(15(24)29)4-7-13(14)20)26-16(27)10-2-5-12(6-3-10)31-19(21,22)23/h2-8H,9H2,1H3,(H2,24,29)(H2,25,30)(H,26,27). The molecule has 0 spiro atoms. The molecule has 0 bridgehead atoms. The molecule has 0 saturated heterocycles. The lowest BCUT2D eigenvalue weighted by Crippen LogP contribution is -2.58. The first-order valence-corrected chi connectivity index (χ1v) is 10.1. The van der Waals surface area contributed by atoms with Gasteiger partial charge < -0.3 is 21.5 Å². The van der Waals surface area contributed by atoms with E-state index in [-0.39, 0.29) is 44.6 Å². The Balaban J connectivity index is 2.14. The van der Waals surface area contributed by atoms with Crippen LogP contribution in [0.1, 0.15) is 22.8 Å². The number of thiocarbonyl (C=S) groups is 2. The second-order valence-electron chi connectivity index (χ2n) is 6.52. The number of hydrogen-bond donors (Lipinski definition) is 3. The van der Waals surface area contributed by atoms with Crippen molar-refractivity contribution in [3.63, 3.8) is 0 Å². The van der Waals surface area contributed by atoms with Gasteiger partial charge in [0.25, 0.3) is 5.91 Å². The molecule has 1 amide bonds. The molecular weight excluding hydrogens is 474 g/mol. The van der Waals surface area contributed by atoms with E-state index in [0.29, 0.717) is 5.56 Å². The molecule has 31 heavy (non-hydrogen) atoms. The Bertz CT molecular complexity index is 1000. The average Bonchev–Trinajstić information content (AvgIpc) is 2.66. The summed E-state index contributed by atoms with van der Waals surface area (Å²) < 4.78 is 56.8. The molecule has 0 saturated carbocycles. The molecule has 166 valence electrons. The topological polar surface area (TPSA) is 90.4 Å².